The van der Waals surface area contributed by atoms with Crippen LogP contribution in [0.15, 0.2) is 42.5 Å². The SMILES string of the molecule is CC(=Cc1ccc(COP(=O)(O)O)cc1)c1ccc2c(c1)C(C)(C)C(C)C2(C)C. The van der Waals surface area contributed by atoms with Crippen molar-refractivity contribution >= 4 is 19.5 Å². The Bertz CT molecular complexity index is 980. The molecule has 0 spiro atoms. The van der Waals surface area contributed by atoms with E-state index in [0.717, 1.165) is 11.1 Å². The van der Waals surface area contributed by atoms with E-state index in [1.54, 1.807) is 0 Å². The summed E-state index contributed by atoms with van der Waals surface area (Å²) in [7, 11) is -4.45. The van der Waals surface area contributed by atoms with E-state index in [9.17, 15) is 4.57 Å². The van der Waals surface area contributed by atoms with Crippen molar-refractivity contribution in [1.29, 1.82) is 0 Å². The summed E-state index contributed by atoms with van der Waals surface area (Å²) < 4.78 is 15.4. The van der Waals surface area contributed by atoms with Crippen molar-refractivity contribution in [2.24, 2.45) is 5.92 Å². The van der Waals surface area contributed by atoms with Gasteiger partial charge < -0.3 is 9.79 Å². The Hall–Kier alpha value is -1.71. The summed E-state index contributed by atoms with van der Waals surface area (Å²) in [6, 6.07) is 14.4. The highest BCUT2D eigenvalue weighted by molar-refractivity contribution is 7.46. The van der Waals surface area contributed by atoms with Crippen LogP contribution in [0.4, 0.5) is 0 Å². The summed E-state index contributed by atoms with van der Waals surface area (Å²) in [6.07, 6.45) is 2.13. The van der Waals surface area contributed by atoms with Gasteiger partial charge in [-0.3, -0.25) is 4.52 Å². The molecule has 0 aromatic heterocycles. The molecule has 0 radical (unpaired) electrons. The zero-order chi connectivity index (χ0) is 21.6. The molecule has 2 aromatic carbocycles. The van der Waals surface area contributed by atoms with E-state index in [1.807, 2.05) is 24.3 Å². The Morgan fingerprint density at radius 3 is 2.21 bits per heavy atom. The third-order valence-electron chi connectivity index (χ3n) is 6.79. The van der Waals surface area contributed by atoms with Crippen molar-refractivity contribution in [2.45, 2.75) is 59.0 Å². The van der Waals surface area contributed by atoms with Crippen LogP contribution in [0.1, 0.15) is 69.4 Å². The maximum Gasteiger partial charge on any atom is 0.469 e. The first kappa shape index (κ1) is 22.0. The van der Waals surface area contributed by atoms with Gasteiger partial charge in [0.05, 0.1) is 6.61 Å². The summed E-state index contributed by atoms with van der Waals surface area (Å²) in [5.74, 6) is 0.562. The fraction of sp³-hybridized carbons (Fsp3) is 0.417. The number of benzene rings is 2. The Balaban J connectivity index is 1.85. The molecule has 1 aliphatic carbocycles. The summed E-state index contributed by atoms with van der Waals surface area (Å²) in [4.78, 5) is 17.6. The number of hydrogen-bond acceptors (Lipinski definition) is 2. The summed E-state index contributed by atoms with van der Waals surface area (Å²) in [5, 5.41) is 0. The molecule has 3 rings (SSSR count). The highest BCUT2D eigenvalue weighted by atomic mass is 31.2. The van der Waals surface area contributed by atoms with E-state index in [1.165, 1.54) is 22.3 Å². The number of fused-ring (bicyclic) bond motifs is 1. The molecule has 0 heterocycles. The molecular formula is C24H31O4P. The lowest BCUT2D eigenvalue weighted by Gasteiger charge is -2.32. The predicted octanol–water partition coefficient (Wildman–Crippen LogP) is 6.06. The number of allylic oxidation sites excluding steroid dienone is 1. The zero-order valence-corrected chi connectivity index (χ0v) is 19.0. The zero-order valence-electron chi connectivity index (χ0n) is 18.1. The first-order valence-corrected chi connectivity index (χ1v) is 11.5. The predicted molar refractivity (Wildman–Crippen MR) is 118 cm³/mol. The quantitative estimate of drug-likeness (QED) is 0.461. The molecule has 0 saturated carbocycles. The first-order chi connectivity index (χ1) is 13.3. The lowest BCUT2D eigenvalue weighted by atomic mass is 9.71. The van der Waals surface area contributed by atoms with Gasteiger partial charge in [-0.2, -0.15) is 0 Å². The third-order valence-corrected chi connectivity index (χ3v) is 7.26. The van der Waals surface area contributed by atoms with Crippen molar-refractivity contribution in [2.75, 3.05) is 0 Å². The summed E-state index contributed by atoms with van der Waals surface area (Å²) >= 11 is 0. The number of phosphoric ester groups is 1. The second kappa shape index (κ2) is 7.52. The van der Waals surface area contributed by atoms with Crippen molar-refractivity contribution in [3.05, 3.63) is 70.3 Å². The second-order valence-electron chi connectivity index (χ2n) is 9.26. The largest absolute Gasteiger partial charge is 0.469 e. The fourth-order valence-electron chi connectivity index (χ4n) is 4.46. The van der Waals surface area contributed by atoms with Gasteiger partial charge in [-0.15, -0.1) is 0 Å². The number of hydrogen-bond donors (Lipinski definition) is 2. The molecule has 156 valence electrons. The van der Waals surface area contributed by atoms with Crippen LogP contribution in [0.25, 0.3) is 11.6 Å². The Morgan fingerprint density at radius 1 is 1.03 bits per heavy atom. The average Bonchev–Trinajstić information content (AvgIpc) is 2.78. The number of rotatable bonds is 5. The van der Waals surface area contributed by atoms with E-state index in [0.29, 0.717) is 5.92 Å². The van der Waals surface area contributed by atoms with Crippen molar-refractivity contribution < 1.29 is 18.9 Å². The maximum absolute atomic E-state index is 10.8. The normalized spacial score (nSPS) is 20.6. The van der Waals surface area contributed by atoms with Crippen LogP contribution in [0.3, 0.4) is 0 Å². The molecule has 0 aliphatic heterocycles. The van der Waals surface area contributed by atoms with E-state index in [-0.39, 0.29) is 17.4 Å². The van der Waals surface area contributed by atoms with Crippen LogP contribution in [0, 0.1) is 5.92 Å². The van der Waals surface area contributed by atoms with E-state index in [2.05, 4.69) is 70.3 Å². The molecule has 4 nitrogen and oxygen atoms in total. The summed E-state index contributed by atoms with van der Waals surface area (Å²) in [6.45, 7) is 13.7. The highest BCUT2D eigenvalue weighted by Gasteiger charge is 2.48. The minimum absolute atomic E-state index is 0.110. The van der Waals surface area contributed by atoms with Gasteiger partial charge in [0.1, 0.15) is 0 Å². The maximum atomic E-state index is 10.8. The molecule has 0 fully saturated rings. The Kier molecular flexibility index (Phi) is 5.70. The van der Waals surface area contributed by atoms with Gasteiger partial charge in [-0.25, -0.2) is 4.57 Å². The molecule has 1 atom stereocenters. The average molecular weight is 414 g/mol. The van der Waals surface area contributed by atoms with Crippen LogP contribution in [-0.4, -0.2) is 9.79 Å². The van der Waals surface area contributed by atoms with Gasteiger partial charge in [0.25, 0.3) is 0 Å². The van der Waals surface area contributed by atoms with Crippen molar-refractivity contribution in [1.82, 2.24) is 0 Å². The van der Waals surface area contributed by atoms with E-state index < -0.39 is 7.82 Å². The summed E-state index contributed by atoms with van der Waals surface area (Å²) in [5.41, 5.74) is 7.34. The molecule has 0 saturated heterocycles. The smallest absolute Gasteiger partial charge is 0.303 e. The topological polar surface area (TPSA) is 66.8 Å². The standard InChI is InChI=1S/C24H31O4P/c1-16(13-18-7-9-19(10-8-18)15-28-29(25,26)27)20-11-12-21-22(14-20)24(5,6)17(2)23(21,3)4/h7-14,17H,15H2,1-6H3,(H2,25,26,27). The van der Waals surface area contributed by atoms with Crippen LogP contribution in [0.5, 0.6) is 0 Å². The van der Waals surface area contributed by atoms with Crippen LogP contribution >= 0.6 is 7.82 Å². The highest BCUT2D eigenvalue weighted by Crippen LogP contribution is 2.53. The Morgan fingerprint density at radius 2 is 1.62 bits per heavy atom. The second-order valence-corrected chi connectivity index (χ2v) is 10.5. The van der Waals surface area contributed by atoms with Crippen molar-refractivity contribution in [3.8, 4) is 0 Å². The van der Waals surface area contributed by atoms with Crippen LogP contribution in [-0.2, 0) is 26.5 Å². The van der Waals surface area contributed by atoms with Gasteiger partial charge in [-0.1, -0.05) is 83.2 Å². The van der Waals surface area contributed by atoms with Crippen LogP contribution < -0.4 is 0 Å². The molecule has 29 heavy (non-hydrogen) atoms. The van der Waals surface area contributed by atoms with Gasteiger partial charge in [0, 0.05) is 0 Å². The molecule has 1 aliphatic rings. The van der Waals surface area contributed by atoms with Crippen LogP contribution in [0.2, 0.25) is 0 Å². The molecule has 0 amide bonds. The van der Waals surface area contributed by atoms with E-state index in [4.69, 9.17) is 9.79 Å². The van der Waals surface area contributed by atoms with E-state index >= 15 is 0 Å². The molecule has 2 N–H and O–H groups in total. The lowest BCUT2D eigenvalue weighted by Crippen LogP contribution is -2.30. The van der Waals surface area contributed by atoms with Crippen molar-refractivity contribution in [3.63, 3.8) is 0 Å². The molecule has 5 heteroatoms. The van der Waals surface area contributed by atoms with Gasteiger partial charge in [0.15, 0.2) is 0 Å². The fourth-order valence-corrected chi connectivity index (χ4v) is 4.77. The first-order valence-electron chi connectivity index (χ1n) is 9.95. The number of phosphoric acid groups is 1. The molecular weight excluding hydrogens is 383 g/mol. The molecule has 2 aromatic rings. The monoisotopic (exact) mass is 414 g/mol. The molecule has 0 bridgehead atoms. The molecule has 1 unspecified atom stereocenters. The van der Waals surface area contributed by atoms with Gasteiger partial charge in [-0.05, 0) is 57.1 Å². The van der Waals surface area contributed by atoms with Gasteiger partial charge >= 0.3 is 7.82 Å². The third kappa shape index (κ3) is 4.41. The minimum Gasteiger partial charge on any atom is -0.303 e. The lowest BCUT2D eigenvalue weighted by molar-refractivity contribution is 0.189. The Labute approximate surface area is 173 Å². The minimum atomic E-state index is -4.45. The van der Waals surface area contributed by atoms with Gasteiger partial charge in [0.2, 0.25) is 0 Å².